The van der Waals surface area contributed by atoms with E-state index < -0.39 is 0 Å². The number of carbonyl (C=O) groups excluding carboxylic acids is 2. The molecule has 1 aromatic rings. The smallest absolute Gasteiger partial charge is 0.320 e. The number of urea groups is 1. The molecule has 3 saturated heterocycles. The molecule has 7 nitrogen and oxygen atoms in total. The second kappa shape index (κ2) is 8.04. The number of hydrogen-bond acceptors (Lipinski definition) is 4. The maximum absolute atomic E-state index is 12.9. The zero-order valence-electron chi connectivity index (χ0n) is 15.3. The molecule has 0 spiro atoms. The molecule has 3 amide bonds. The molecule has 1 aromatic carbocycles. The van der Waals surface area contributed by atoms with Gasteiger partial charge in [-0.2, -0.15) is 0 Å². The quantitative estimate of drug-likeness (QED) is 0.820. The predicted molar refractivity (Wildman–Crippen MR) is 102 cm³/mol. The second-order valence-corrected chi connectivity index (χ2v) is 7.87. The number of nitrogens with zero attached hydrogens (tertiary/aromatic N) is 3. The molecule has 8 heteroatoms. The van der Waals surface area contributed by atoms with Gasteiger partial charge in [-0.25, -0.2) is 4.79 Å². The lowest BCUT2D eigenvalue weighted by molar-refractivity contribution is -0.139. The molecule has 3 aliphatic heterocycles. The predicted octanol–water partition coefficient (Wildman–Crippen LogP) is 1.17. The van der Waals surface area contributed by atoms with Crippen molar-refractivity contribution < 1.29 is 14.3 Å². The molecule has 2 unspecified atom stereocenters. The topological polar surface area (TPSA) is 65.1 Å². The number of rotatable bonds is 2. The van der Waals surface area contributed by atoms with Crippen LogP contribution in [0.5, 0.6) is 0 Å². The van der Waals surface area contributed by atoms with Gasteiger partial charge in [-0.3, -0.25) is 9.69 Å². The van der Waals surface area contributed by atoms with Crippen LogP contribution < -0.4 is 5.32 Å². The van der Waals surface area contributed by atoms with Crippen molar-refractivity contribution in [3.05, 3.63) is 34.9 Å². The number of piperazine rings is 1. The van der Waals surface area contributed by atoms with Gasteiger partial charge < -0.3 is 19.9 Å². The van der Waals surface area contributed by atoms with Gasteiger partial charge in [0.15, 0.2) is 0 Å². The van der Waals surface area contributed by atoms with Crippen LogP contribution in [0.2, 0.25) is 5.02 Å². The van der Waals surface area contributed by atoms with Crippen LogP contribution in [0.3, 0.4) is 0 Å². The average Bonchev–Trinajstić information content (AvgIpc) is 2.69. The van der Waals surface area contributed by atoms with E-state index in [-0.39, 0.29) is 30.7 Å². The monoisotopic (exact) mass is 392 g/mol. The van der Waals surface area contributed by atoms with Crippen molar-refractivity contribution in [3.63, 3.8) is 0 Å². The zero-order valence-corrected chi connectivity index (χ0v) is 16.0. The van der Waals surface area contributed by atoms with Crippen molar-refractivity contribution >= 4 is 23.5 Å². The third-order valence-electron chi connectivity index (χ3n) is 5.56. The number of fused-ring (bicyclic) bond motifs is 1. The van der Waals surface area contributed by atoms with Crippen LogP contribution in [0.15, 0.2) is 24.3 Å². The molecule has 27 heavy (non-hydrogen) atoms. The van der Waals surface area contributed by atoms with E-state index in [2.05, 4.69) is 10.2 Å². The lowest BCUT2D eigenvalue weighted by atomic mass is 10.0. The first kappa shape index (κ1) is 18.5. The minimum Gasteiger partial charge on any atom is -0.366 e. The normalized spacial score (nSPS) is 26.5. The molecule has 0 radical (unpaired) electrons. The summed E-state index contributed by atoms with van der Waals surface area (Å²) in [6.45, 7) is 5.36. The second-order valence-electron chi connectivity index (χ2n) is 7.43. The fourth-order valence-electron chi connectivity index (χ4n) is 4.02. The van der Waals surface area contributed by atoms with E-state index in [0.29, 0.717) is 13.1 Å². The van der Waals surface area contributed by atoms with Gasteiger partial charge in [0.1, 0.15) is 6.61 Å². The maximum atomic E-state index is 12.9. The summed E-state index contributed by atoms with van der Waals surface area (Å²) in [4.78, 5) is 30.5. The molecule has 1 N–H and O–H groups in total. The molecule has 146 valence electrons. The van der Waals surface area contributed by atoms with Crippen LogP contribution in [-0.4, -0.2) is 84.7 Å². The summed E-state index contributed by atoms with van der Waals surface area (Å²) in [5.41, 5.74) is 1.23. The Hall–Kier alpha value is -1.83. The maximum Gasteiger partial charge on any atom is 0.320 e. The molecular weight excluding hydrogens is 368 g/mol. The van der Waals surface area contributed by atoms with Crippen LogP contribution in [0.25, 0.3) is 0 Å². The average molecular weight is 393 g/mol. The molecule has 2 atom stereocenters. The van der Waals surface area contributed by atoms with Gasteiger partial charge in [-0.05, 0) is 24.1 Å². The third-order valence-corrected chi connectivity index (χ3v) is 5.81. The lowest BCUT2D eigenvalue weighted by Crippen LogP contribution is -2.63. The van der Waals surface area contributed by atoms with Gasteiger partial charge in [-0.15, -0.1) is 0 Å². The van der Waals surface area contributed by atoms with Gasteiger partial charge in [-0.1, -0.05) is 23.7 Å². The van der Waals surface area contributed by atoms with Gasteiger partial charge in [0.05, 0.1) is 12.1 Å². The fourth-order valence-corrected chi connectivity index (χ4v) is 4.14. The van der Waals surface area contributed by atoms with Gasteiger partial charge in [0.2, 0.25) is 5.91 Å². The Morgan fingerprint density at radius 3 is 2.59 bits per heavy atom. The Morgan fingerprint density at radius 1 is 1.11 bits per heavy atom. The number of piperidine rings is 1. The molecule has 3 aliphatic rings. The highest BCUT2D eigenvalue weighted by molar-refractivity contribution is 6.30. The molecule has 4 rings (SSSR count). The van der Waals surface area contributed by atoms with Crippen molar-refractivity contribution in [1.29, 1.82) is 0 Å². The molecule has 0 aliphatic carbocycles. The summed E-state index contributed by atoms with van der Waals surface area (Å²) in [5.74, 6) is -0.0960. The highest BCUT2D eigenvalue weighted by Gasteiger charge is 2.37. The van der Waals surface area contributed by atoms with Gasteiger partial charge in [0, 0.05) is 50.8 Å². The highest BCUT2D eigenvalue weighted by atomic mass is 35.5. The molecule has 3 heterocycles. The van der Waals surface area contributed by atoms with E-state index in [1.165, 1.54) is 5.56 Å². The Labute approximate surface area is 164 Å². The molecule has 3 fully saturated rings. The largest absolute Gasteiger partial charge is 0.366 e. The van der Waals surface area contributed by atoms with Crippen LogP contribution in [0.4, 0.5) is 4.79 Å². The minimum atomic E-state index is -0.0960. The van der Waals surface area contributed by atoms with E-state index in [9.17, 15) is 9.59 Å². The number of morpholine rings is 1. The number of hydrogen-bond donors (Lipinski definition) is 1. The Morgan fingerprint density at radius 2 is 1.85 bits per heavy atom. The number of nitrogens with one attached hydrogen (secondary N) is 1. The SMILES string of the molecule is O=C1COC2CCN(C(=O)N3CCN(Cc4ccc(Cl)cc4)CC3)CC2N1. The number of benzene rings is 1. The fraction of sp³-hybridized carbons (Fsp3) is 0.579. The summed E-state index contributed by atoms with van der Waals surface area (Å²) in [6.07, 6.45) is 0.802. The van der Waals surface area contributed by atoms with Crippen LogP contribution in [0, 0.1) is 0 Å². The Kier molecular flexibility index (Phi) is 5.52. The number of likely N-dealkylation sites (tertiary alicyclic amines) is 1. The number of halogens is 1. The van der Waals surface area contributed by atoms with Crippen molar-refractivity contribution in [2.24, 2.45) is 0 Å². The van der Waals surface area contributed by atoms with E-state index in [4.69, 9.17) is 16.3 Å². The first-order valence-corrected chi connectivity index (χ1v) is 9.88. The molecule has 0 bridgehead atoms. The summed E-state index contributed by atoms with van der Waals surface area (Å²) < 4.78 is 5.57. The van der Waals surface area contributed by atoms with Gasteiger partial charge in [0.25, 0.3) is 0 Å². The number of amides is 3. The number of ether oxygens (including phenoxy) is 1. The van der Waals surface area contributed by atoms with Crippen molar-refractivity contribution in [2.75, 3.05) is 45.9 Å². The van der Waals surface area contributed by atoms with Crippen molar-refractivity contribution in [3.8, 4) is 0 Å². The van der Waals surface area contributed by atoms with Crippen molar-refractivity contribution in [1.82, 2.24) is 20.0 Å². The van der Waals surface area contributed by atoms with Gasteiger partial charge >= 0.3 is 6.03 Å². The van der Waals surface area contributed by atoms with E-state index in [1.54, 1.807) is 0 Å². The lowest BCUT2D eigenvalue weighted by Gasteiger charge is -2.43. The zero-order chi connectivity index (χ0) is 18.8. The van der Waals surface area contributed by atoms with Crippen LogP contribution in [-0.2, 0) is 16.1 Å². The summed E-state index contributed by atoms with van der Waals surface area (Å²) in [7, 11) is 0. The standard InChI is InChI=1S/C19H25ClN4O3/c20-15-3-1-14(2-4-15)11-22-7-9-23(10-8-22)19(26)24-6-5-17-16(12-24)21-18(25)13-27-17/h1-4,16-17H,5-13H2,(H,21,25). The number of carbonyl (C=O) groups is 2. The highest BCUT2D eigenvalue weighted by Crippen LogP contribution is 2.19. The third kappa shape index (κ3) is 4.36. The Bertz CT molecular complexity index is 691. The van der Waals surface area contributed by atoms with Crippen LogP contribution >= 0.6 is 11.6 Å². The summed E-state index contributed by atoms with van der Waals surface area (Å²) in [6, 6.07) is 7.89. The molecular formula is C19H25ClN4O3. The summed E-state index contributed by atoms with van der Waals surface area (Å²) >= 11 is 5.94. The summed E-state index contributed by atoms with van der Waals surface area (Å²) in [5, 5.41) is 3.70. The van der Waals surface area contributed by atoms with E-state index in [1.807, 2.05) is 34.1 Å². The minimum absolute atomic E-state index is 0.0305. The molecule has 0 saturated carbocycles. The van der Waals surface area contributed by atoms with E-state index >= 15 is 0 Å². The first-order valence-electron chi connectivity index (χ1n) is 9.50. The van der Waals surface area contributed by atoms with Crippen molar-refractivity contribution in [2.45, 2.75) is 25.1 Å². The van der Waals surface area contributed by atoms with E-state index in [0.717, 1.165) is 44.2 Å². The molecule has 0 aromatic heterocycles. The Balaban J connectivity index is 1.27. The van der Waals surface area contributed by atoms with Crippen LogP contribution in [0.1, 0.15) is 12.0 Å². The first-order chi connectivity index (χ1) is 13.1.